The summed E-state index contributed by atoms with van der Waals surface area (Å²) in [6.45, 7) is 2.47. The summed E-state index contributed by atoms with van der Waals surface area (Å²) in [7, 11) is 6.12. The molecule has 3 rings (SSSR count). The number of ether oxygens (including phenoxy) is 4. The van der Waals surface area contributed by atoms with E-state index in [0.717, 1.165) is 11.3 Å². The molecule has 0 aliphatic heterocycles. The molecule has 0 aliphatic rings. The monoisotopic (exact) mass is 427 g/mol. The molecule has 1 heterocycles. The second-order valence-corrected chi connectivity index (χ2v) is 6.47. The second kappa shape index (κ2) is 9.84. The maximum absolute atomic E-state index is 13.1. The van der Waals surface area contributed by atoms with Gasteiger partial charge in [0, 0.05) is 17.7 Å². The fourth-order valence-corrected chi connectivity index (χ4v) is 3.05. The van der Waals surface area contributed by atoms with E-state index in [1.807, 2.05) is 31.2 Å². The van der Waals surface area contributed by atoms with Crippen LogP contribution in [0.5, 0.6) is 23.0 Å². The Labute approximate surface area is 180 Å². The zero-order chi connectivity index (χ0) is 22.4. The average Bonchev–Trinajstić information content (AvgIpc) is 3.29. The van der Waals surface area contributed by atoms with Gasteiger partial charge in [-0.3, -0.25) is 4.79 Å². The van der Waals surface area contributed by atoms with Gasteiger partial charge in [-0.15, -0.1) is 0 Å². The molecule has 2 aromatic carbocycles. The van der Waals surface area contributed by atoms with Gasteiger partial charge in [-0.1, -0.05) is 5.16 Å². The van der Waals surface area contributed by atoms with E-state index in [4.69, 9.17) is 23.5 Å². The van der Waals surface area contributed by atoms with E-state index in [9.17, 15) is 4.79 Å². The van der Waals surface area contributed by atoms with E-state index in [1.54, 1.807) is 24.1 Å². The van der Waals surface area contributed by atoms with Gasteiger partial charge in [0.2, 0.25) is 17.5 Å². The Morgan fingerprint density at radius 2 is 1.61 bits per heavy atom. The van der Waals surface area contributed by atoms with Crippen molar-refractivity contribution in [2.24, 2.45) is 0 Å². The summed E-state index contributed by atoms with van der Waals surface area (Å²) < 4.78 is 26.5. The van der Waals surface area contributed by atoms with Crippen LogP contribution in [0.3, 0.4) is 0 Å². The third-order valence-corrected chi connectivity index (χ3v) is 4.72. The minimum Gasteiger partial charge on any atom is -0.497 e. The number of nitrogens with zero attached hydrogens (tertiary/aromatic N) is 3. The van der Waals surface area contributed by atoms with Gasteiger partial charge < -0.3 is 28.4 Å². The van der Waals surface area contributed by atoms with Crippen LogP contribution in [-0.4, -0.2) is 55.9 Å². The molecule has 0 radical (unpaired) electrons. The van der Waals surface area contributed by atoms with Crippen LogP contribution in [0.2, 0.25) is 0 Å². The van der Waals surface area contributed by atoms with E-state index < -0.39 is 0 Å². The van der Waals surface area contributed by atoms with Gasteiger partial charge in [0.15, 0.2) is 11.5 Å². The highest BCUT2D eigenvalue weighted by atomic mass is 16.5. The predicted molar refractivity (Wildman–Crippen MR) is 113 cm³/mol. The molecule has 0 aliphatic carbocycles. The summed E-state index contributed by atoms with van der Waals surface area (Å²) in [5, 5.41) is 4.02. The van der Waals surface area contributed by atoms with E-state index in [2.05, 4.69) is 10.1 Å². The normalized spacial score (nSPS) is 10.5. The van der Waals surface area contributed by atoms with Crippen molar-refractivity contribution in [3.63, 3.8) is 0 Å². The molecule has 31 heavy (non-hydrogen) atoms. The number of benzene rings is 2. The molecule has 1 aromatic heterocycles. The third-order valence-electron chi connectivity index (χ3n) is 4.72. The Hall–Kier alpha value is -3.75. The number of hydrogen-bond donors (Lipinski definition) is 0. The lowest BCUT2D eigenvalue weighted by atomic mass is 10.1. The first-order valence-electron chi connectivity index (χ1n) is 9.60. The predicted octanol–water partition coefficient (Wildman–Crippen LogP) is 3.43. The zero-order valence-electron chi connectivity index (χ0n) is 18.2. The Kier molecular flexibility index (Phi) is 6.96. The van der Waals surface area contributed by atoms with Crippen molar-refractivity contribution in [1.82, 2.24) is 15.0 Å². The van der Waals surface area contributed by atoms with Crippen molar-refractivity contribution in [2.75, 3.05) is 35.0 Å². The molecule has 0 fully saturated rings. The van der Waals surface area contributed by atoms with Crippen LogP contribution >= 0.6 is 0 Å². The van der Waals surface area contributed by atoms with Gasteiger partial charge in [-0.25, -0.2) is 0 Å². The molecule has 1 amide bonds. The Bertz CT molecular complexity index is 1010. The van der Waals surface area contributed by atoms with Crippen molar-refractivity contribution in [3.8, 4) is 34.4 Å². The number of hydrogen-bond acceptors (Lipinski definition) is 8. The number of rotatable bonds is 9. The van der Waals surface area contributed by atoms with Crippen molar-refractivity contribution >= 4 is 5.91 Å². The van der Waals surface area contributed by atoms with Crippen LogP contribution in [0.25, 0.3) is 11.4 Å². The fourth-order valence-electron chi connectivity index (χ4n) is 3.05. The molecule has 9 heteroatoms. The zero-order valence-corrected chi connectivity index (χ0v) is 18.2. The molecule has 164 valence electrons. The van der Waals surface area contributed by atoms with Crippen LogP contribution in [-0.2, 0) is 6.54 Å². The topological polar surface area (TPSA) is 96.2 Å². The lowest BCUT2D eigenvalue weighted by Gasteiger charge is -2.20. The highest BCUT2D eigenvalue weighted by Crippen LogP contribution is 2.38. The second-order valence-electron chi connectivity index (χ2n) is 6.47. The number of aromatic nitrogens is 2. The molecule has 0 spiro atoms. The molecule has 9 nitrogen and oxygen atoms in total. The quantitative estimate of drug-likeness (QED) is 0.512. The van der Waals surface area contributed by atoms with Gasteiger partial charge in [0.25, 0.3) is 5.91 Å². The minimum absolute atomic E-state index is 0.162. The first-order chi connectivity index (χ1) is 15.0. The van der Waals surface area contributed by atoms with Crippen molar-refractivity contribution in [2.45, 2.75) is 13.5 Å². The molecular formula is C22H25N3O6. The van der Waals surface area contributed by atoms with E-state index in [0.29, 0.717) is 41.1 Å². The SMILES string of the molecule is CCN(Cc1nc(-c2ccc(OC)cc2)no1)C(=O)c1cc(OC)c(OC)c(OC)c1. The molecule has 0 atom stereocenters. The van der Waals surface area contributed by atoms with E-state index in [-0.39, 0.29) is 12.5 Å². The molecule has 0 saturated heterocycles. The third kappa shape index (κ3) is 4.71. The molecule has 0 saturated carbocycles. The summed E-state index contributed by atoms with van der Waals surface area (Å²) in [5.74, 6) is 2.50. The van der Waals surface area contributed by atoms with Crippen molar-refractivity contribution < 1.29 is 28.3 Å². The maximum Gasteiger partial charge on any atom is 0.254 e. The van der Waals surface area contributed by atoms with E-state index in [1.165, 1.54) is 21.3 Å². The van der Waals surface area contributed by atoms with Crippen molar-refractivity contribution in [3.05, 3.63) is 47.9 Å². The molecule has 3 aromatic rings. The summed E-state index contributed by atoms with van der Waals surface area (Å²) in [6, 6.07) is 10.5. The summed E-state index contributed by atoms with van der Waals surface area (Å²) in [5.41, 5.74) is 1.18. The van der Waals surface area contributed by atoms with Crippen LogP contribution in [0.4, 0.5) is 0 Å². The largest absolute Gasteiger partial charge is 0.497 e. The number of amides is 1. The molecule has 0 bridgehead atoms. The Morgan fingerprint density at radius 3 is 2.13 bits per heavy atom. The smallest absolute Gasteiger partial charge is 0.254 e. The van der Waals surface area contributed by atoms with Crippen LogP contribution in [0, 0.1) is 0 Å². The molecule has 0 unspecified atom stereocenters. The van der Waals surface area contributed by atoms with Gasteiger partial charge in [0.05, 0.1) is 28.4 Å². The van der Waals surface area contributed by atoms with Gasteiger partial charge in [-0.05, 0) is 43.3 Å². The minimum atomic E-state index is -0.231. The lowest BCUT2D eigenvalue weighted by molar-refractivity contribution is 0.0733. The van der Waals surface area contributed by atoms with Gasteiger partial charge in [0.1, 0.15) is 12.3 Å². The highest BCUT2D eigenvalue weighted by Gasteiger charge is 2.22. The van der Waals surface area contributed by atoms with Crippen LogP contribution in [0.15, 0.2) is 40.9 Å². The molecule has 0 N–H and O–H groups in total. The highest BCUT2D eigenvalue weighted by molar-refractivity contribution is 5.95. The summed E-state index contributed by atoms with van der Waals surface area (Å²) >= 11 is 0. The molecular weight excluding hydrogens is 402 g/mol. The lowest BCUT2D eigenvalue weighted by Crippen LogP contribution is -2.30. The average molecular weight is 427 g/mol. The number of carbonyl (C=O) groups is 1. The first-order valence-corrected chi connectivity index (χ1v) is 9.60. The first kappa shape index (κ1) is 21.9. The number of methoxy groups -OCH3 is 4. The van der Waals surface area contributed by atoms with Gasteiger partial charge >= 0.3 is 0 Å². The summed E-state index contributed by atoms with van der Waals surface area (Å²) in [4.78, 5) is 19.1. The maximum atomic E-state index is 13.1. The Balaban J connectivity index is 1.81. The van der Waals surface area contributed by atoms with Crippen LogP contribution < -0.4 is 18.9 Å². The van der Waals surface area contributed by atoms with Crippen molar-refractivity contribution in [1.29, 1.82) is 0 Å². The fraction of sp³-hybridized carbons (Fsp3) is 0.318. The standard InChI is InChI=1S/C22H25N3O6/c1-6-25(22(26)15-11-17(28-3)20(30-5)18(12-15)29-4)13-19-23-21(24-31-19)14-7-9-16(27-2)10-8-14/h7-12H,6,13H2,1-5H3. The van der Waals surface area contributed by atoms with E-state index >= 15 is 0 Å². The Morgan fingerprint density at radius 1 is 0.968 bits per heavy atom. The van der Waals surface area contributed by atoms with Crippen LogP contribution in [0.1, 0.15) is 23.2 Å². The summed E-state index contributed by atoms with van der Waals surface area (Å²) in [6.07, 6.45) is 0. The van der Waals surface area contributed by atoms with Gasteiger partial charge in [-0.2, -0.15) is 4.98 Å². The number of carbonyl (C=O) groups excluding carboxylic acids is 1.